The summed E-state index contributed by atoms with van der Waals surface area (Å²) < 4.78 is 10.7. The van der Waals surface area contributed by atoms with Crippen LogP contribution in [0.5, 0.6) is 11.5 Å². The fourth-order valence-corrected chi connectivity index (χ4v) is 4.17. The molecule has 0 saturated carbocycles. The van der Waals surface area contributed by atoms with E-state index in [9.17, 15) is 14.4 Å². The second kappa shape index (κ2) is 7.48. The van der Waals surface area contributed by atoms with Gasteiger partial charge in [0.15, 0.2) is 11.5 Å². The number of aryl methyl sites for hydroxylation is 1. The third kappa shape index (κ3) is 3.10. The molecule has 156 valence electrons. The summed E-state index contributed by atoms with van der Waals surface area (Å²) in [6.45, 7) is 4.37. The van der Waals surface area contributed by atoms with Crippen LogP contribution in [-0.2, 0) is 17.8 Å². The predicted octanol–water partition coefficient (Wildman–Crippen LogP) is 2.58. The summed E-state index contributed by atoms with van der Waals surface area (Å²) in [5.41, 5.74) is 3.68. The Bertz CT molecular complexity index is 1060. The highest BCUT2D eigenvalue weighted by Crippen LogP contribution is 2.34. The Kier molecular flexibility index (Phi) is 4.97. The molecule has 2 aliphatic heterocycles. The molecule has 0 radical (unpaired) electrons. The number of imide groups is 1. The molecular weight excluding hydrogens is 384 g/mol. The molecule has 7 nitrogen and oxygen atoms in total. The number of hydrogen-bond acceptors (Lipinski definition) is 5. The molecule has 2 aliphatic rings. The van der Waals surface area contributed by atoms with Crippen LogP contribution in [0.25, 0.3) is 0 Å². The number of fused-ring (bicyclic) bond motifs is 2. The molecule has 1 unspecified atom stereocenters. The molecule has 0 aromatic heterocycles. The second-order valence-electron chi connectivity index (χ2n) is 7.69. The summed E-state index contributed by atoms with van der Waals surface area (Å²) in [6.07, 6.45) is 0.662. The maximum absolute atomic E-state index is 13.2. The zero-order valence-electron chi connectivity index (χ0n) is 17.5. The van der Waals surface area contributed by atoms with Crippen LogP contribution in [0.1, 0.15) is 44.3 Å². The van der Waals surface area contributed by atoms with Crippen molar-refractivity contribution < 1.29 is 23.9 Å². The number of carbonyl (C=O) groups excluding carboxylic acids is 3. The van der Waals surface area contributed by atoms with Crippen molar-refractivity contribution in [2.24, 2.45) is 0 Å². The SMILES string of the molecule is COc1cc2c(cc1OC)CN(C(=O)C(C)N1C(=O)c3ccc(C)cc3C1=O)CC2. The van der Waals surface area contributed by atoms with E-state index in [4.69, 9.17) is 9.47 Å². The van der Waals surface area contributed by atoms with Crippen molar-refractivity contribution in [3.05, 3.63) is 58.1 Å². The van der Waals surface area contributed by atoms with Crippen molar-refractivity contribution in [3.8, 4) is 11.5 Å². The highest BCUT2D eigenvalue weighted by Gasteiger charge is 2.42. The van der Waals surface area contributed by atoms with Gasteiger partial charge >= 0.3 is 0 Å². The molecule has 0 fully saturated rings. The first-order valence-corrected chi connectivity index (χ1v) is 9.86. The van der Waals surface area contributed by atoms with Gasteiger partial charge in [-0.3, -0.25) is 19.3 Å². The van der Waals surface area contributed by atoms with E-state index in [1.807, 2.05) is 19.1 Å². The number of methoxy groups -OCH3 is 2. The molecule has 7 heteroatoms. The van der Waals surface area contributed by atoms with E-state index in [1.165, 1.54) is 0 Å². The monoisotopic (exact) mass is 408 g/mol. The van der Waals surface area contributed by atoms with Gasteiger partial charge in [0.1, 0.15) is 6.04 Å². The van der Waals surface area contributed by atoms with Gasteiger partial charge in [0, 0.05) is 13.1 Å². The first-order valence-electron chi connectivity index (χ1n) is 9.86. The lowest BCUT2D eigenvalue weighted by Gasteiger charge is -2.33. The minimum atomic E-state index is -0.876. The lowest BCUT2D eigenvalue weighted by atomic mass is 9.98. The van der Waals surface area contributed by atoms with Gasteiger partial charge in [0.2, 0.25) is 5.91 Å². The number of nitrogens with zero attached hydrogens (tertiary/aromatic N) is 2. The van der Waals surface area contributed by atoms with Gasteiger partial charge in [-0.1, -0.05) is 11.6 Å². The van der Waals surface area contributed by atoms with Gasteiger partial charge in [-0.05, 0) is 55.7 Å². The maximum atomic E-state index is 13.2. The summed E-state index contributed by atoms with van der Waals surface area (Å²) in [7, 11) is 3.16. The normalized spacial score (nSPS) is 16.3. The van der Waals surface area contributed by atoms with E-state index >= 15 is 0 Å². The number of amides is 3. The summed E-state index contributed by atoms with van der Waals surface area (Å²) in [5, 5.41) is 0. The highest BCUT2D eigenvalue weighted by atomic mass is 16.5. The van der Waals surface area contributed by atoms with Gasteiger partial charge in [0.05, 0.1) is 25.3 Å². The number of hydrogen-bond donors (Lipinski definition) is 0. The first kappa shape index (κ1) is 19.9. The van der Waals surface area contributed by atoms with Gasteiger partial charge < -0.3 is 14.4 Å². The second-order valence-corrected chi connectivity index (χ2v) is 7.69. The zero-order chi connectivity index (χ0) is 21.6. The summed E-state index contributed by atoms with van der Waals surface area (Å²) >= 11 is 0. The zero-order valence-corrected chi connectivity index (χ0v) is 17.5. The predicted molar refractivity (Wildman–Crippen MR) is 110 cm³/mol. The van der Waals surface area contributed by atoms with E-state index in [0.717, 1.165) is 21.6 Å². The van der Waals surface area contributed by atoms with Crippen LogP contribution in [0.15, 0.2) is 30.3 Å². The Morgan fingerprint density at radius 3 is 2.27 bits per heavy atom. The summed E-state index contributed by atoms with van der Waals surface area (Å²) in [6, 6.07) is 8.08. The Morgan fingerprint density at radius 2 is 1.60 bits per heavy atom. The minimum absolute atomic E-state index is 0.248. The van der Waals surface area contributed by atoms with Crippen molar-refractivity contribution in [2.75, 3.05) is 20.8 Å². The highest BCUT2D eigenvalue weighted by molar-refractivity contribution is 6.22. The average molecular weight is 408 g/mol. The first-order chi connectivity index (χ1) is 14.3. The van der Waals surface area contributed by atoms with Crippen LogP contribution in [0.4, 0.5) is 0 Å². The Balaban J connectivity index is 1.56. The molecule has 2 heterocycles. The molecular formula is C23H24N2O5. The fraction of sp³-hybridized carbons (Fsp3) is 0.348. The Labute approximate surface area is 175 Å². The van der Waals surface area contributed by atoms with Crippen LogP contribution < -0.4 is 9.47 Å². The lowest BCUT2D eigenvalue weighted by Crippen LogP contribution is -2.50. The van der Waals surface area contributed by atoms with Gasteiger partial charge in [0.25, 0.3) is 11.8 Å². The topological polar surface area (TPSA) is 76.2 Å². The lowest BCUT2D eigenvalue weighted by molar-refractivity contribution is -0.135. The molecule has 4 rings (SSSR count). The van der Waals surface area contributed by atoms with Crippen molar-refractivity contribution in [2.45, 2.75) is 32.9 Å². The number of benzene rings is 2. The third-order valence-corrected chi connectivity index (χ3v) is 5.85. The van der Waals surface area contributed by atoms with E-state index in [-0.39, 0.29) is 5.91 Å². The number of carbonyl (C=O) groups is 3. The third-order valence-electron chi connectivity index (χ3n) is 5.85. The smallest absolute Gasteiger partial charge is 0.262 e. The molecule has 0 aliphatic carbocycles. The molecule has 2 aromatic carbocycles. The quantitative estimate of drug-likeness (QED) is 0.727. The number of ether oxygens (including phenoxy) is 2. The summed E-state index contributed by atoms with van der Waals surface area (Å²) in [5.74, 6) is 0.185. The van der Waals surface area contributed by atoms with Gasteiger partial charge in [-0.2, -0.15) is 0 Å². The minimum Gasteiger partial charge on any atom is -0.493 e. The Morgan fingerprint density at radius 1 is 0.967 bits per heavy atom. The molecule has 2 aromatic rings. The average Bonchev–Trinajstić information content (AvgIpc) is 3.00. The molecule has 0 saturated heterocycles. The molecule has 1 atom stereocenters. The van der Waals surface area contributed by atoms with Crippen LogP contribution in [0, 0.1) is 6.92 Å². The van der Waals surface area contributed by atoms with E-state index in [2.05, 4.69) is 0 Å². The van der Waals surface area contributed by atoms with Crippen LogP contribution in [-0.4, -0.2) is 54.3 Å². The maximum Gasteiger partial charge on any atom is 0.262 e. The van der Waals surface area contributed by atoms with Crippen LogP contribution in [0.2, 0.25) is 0 Å². The largest absolute Gasteiger partial charge is 0.493 e. The van der Waals surface area contributed by atoms with Gasteiger partial charge in [-0.25, -0.2) is 0 Å². The molecule has 30 heavy (non-hydrogen) atoms. The molecule has 0 bridgehead atoms. The molecule has 0 spiro atoms. The fourth-order valence-electron chi connectivity index (χ4n) is 4.17. The van der Waals surface area contributed by atoms with Crippen LogP contribution >= 0.6 is 0 Å². The Hall–Kier alpha value is -3.35. The van der Waals surface area contributed by atoms with Crippen molar-refractivity contribution >= 4 is 17.7 Å². The van der Waals surface area contributed by atoms with E-state index in [0.29, 0.717) is 42.1 Å². The number of rotatable bonds is 4. The van der Waals surface area contributed by atoms with Crippen molar-refractivity contribution in [3.63, 3.8) is 0 Å². The van der Waals surface area contributed by atoms with Crippen molar-refractivity contribution in [1.29, 1.82) is 0 Å². The molecule has 3 amide bonds. The van der Waals surface area contributed by atoms with Crippen LogP contribution in [0.3, 0.4) is 0 Å². The summed E-state index contributed by atoms with van der Waals surface area (Å²) in [4.78, 5) is 41.6. The van der Waals surface area contributed by atoms with Crippen molar-refractivity contribution in [1.82, 2.24) is 9.80 Å². The molecule has 0 N–H and O–H groups in total. The standard InChI is InChI=1S/C23H24N2O5/c1-13-5-6-17-18(9-13)23(28)25(22(17)27)14(2)21(26)24-8-7-15-10-19(29-3)20(30-4)11-16(15)12-24/h5-6,9-11,14H,7-8,12H2,1-4H3. The van der Waals surface area contributed by atoms with E-state index in [1.54, 1.807) is 44.2 Å². The van der Waals surface area contributed by atoms with Gasteiger partial charge in [-0.15, -0.1) is 0 Å². The van der Waals surface area contributed by atoms with E-state index < -0.39 is 17.9 Å².